The van der Waals surface area contributed by atoms with Gasteiger partial charge in [0.2, 0.25) is 0 Å². The van der Waals surface area contributed by atoms with Crippen molar-refractivity contribution in [2.24, 2.45) is 7.05 Å². The molecule has 1 amide bonds. The fourth-order valence-corrected chi connectivity index (χ4v) is 1.69. The molecule has 0 aliphatic carbocycles. The summed E-state index contributed by atoms with van der Waals surface area (Å²) in [6.45, 7) is 1.29. The Bertz CT molecular complexity index is 533. The van der Waals surface area contributed by atoms with Gasteiger partial charge in [0.1, 0.15) is 5.69 Å². The van der Waals surface area contributed by atoms with E-state index in [1.54, 1.807) is 41.1 Å². The number of hydrogen-bond donors (Lipinski definition) is 1. The van der Waals surface area contributed by atoms with Crippen molar-refractivity contribution in [2.75, 3.05) is 6.54 Å². The van der Waals surface area contributed by atoms with Crippen LogP contribution in [-0.2, 0) is 13.6 Å². The molecule has 0 saturated heterocycles. The number of carbonyl (C=O) groups excluding carboxylic acids is 1. The van der Waals surface area contributed by atoms with E-state index in [0.717, 1.165) is 13.0 Å². The van der Waals surface area contributed by atoms with E-state index in [1.807, 2.05) is 0 Å². The number of nitrogens with zero attached hydrogens (tertiary/aromatic N) is 4. The van der Waals surface area contributed by atoms with E-state index in [0.29, 0.717) is 17.3 Å². The van der Waals surface area contributed by atoms with Gasteiger partial charge in [-0.15, -0.1) is 0 Å². The maximum absolute atomic E-state index is 11.6. The summed E-state index contributed by atoms with van der Waals surface area (Å²) in [6.07, 6.45) is 5.87. The third kappa shape index (κ3) is 3.33. The van der Waals surface area contributed by atoms with E-state index in [1.165, 1.54) is 0 Å². The molecule has 0 atom stereocenters. The van der Waals surface area contributed by atoms with Crippen molar-refractivity contribution in [3.63, 3.8) is 0 Å². The first-order chi connectivity index (χ1) is 8.65. The van der Waals surface area contributed by atoms with Crippen molar-refractivity contribution in [2.45, 2.75) is 13.0 Å². The summed E-state index contributed by atoms with van der Waals surface area (Å²) >= 11 is 5.74. The Hall–Kier alpha value is -1.82. The van der Waals surface area contributed by atoms with Gasteiger partial charge in [-0.05, 0) is 12.5 Å². The van der Waals surface area contributed by atoms with E-state index < -0.39 is 0 Å². The third-order valence-electron chi connectivity index (χ3n) is 2.40. The summed E-state index contributed by atoms with van der Waals surface area (Å²) < 4.78 is 3.34. The average molecular weight is 268 g/mol. The quantitative estimate of drug-likeness (QED) is 0.825. The second-order valence-electron chi connectivity index (χ2n) is 3.91. The van der Waals surface area contributed by atoms with Crippen LogP contribution < -0.4 is 5.32 Å². The molecule has 0 saturated carbocycles. The highest BCUT2D eigenvalue weighted by molar-refractivity contribution is 6.30. The summed E-state index contributed by atoms with van der Waals surface area (Å²) in [5.74, 6) is -0.158. The van der Waals surface area contributed by atoms with Crippen LogP contribution in [0.25, 0.3) is 0 Å². The summed E-state index contributed by atoms with van der Waals surface area (Å²) in [7, 11) is 1.78. The molecule has 0 aliphatic rings. The largest absolute Gasteiger partial charge is 0.351 e. The van der Waals surface area contributed by atoms with Crippen molar-refractivity contribution in [1.82, 2.24) is 24.9 Å². The molecule has 0 spiro atoms. The number of hydrogen-bond acceptors (Lipinski definition) is 3. The van der Waals surface area contributed by atoms with Crippen LogP contribution >= 0.6 is 11.6 Å². The Balaban J connectivity index is 1.71. The van der Waals surface area contributed by atoms with Gasteiger partial charge in [-0.1, -0.05) is 11.6 Å². The standard InChI is InChI=1S/C11H14ClN5O/c1-16-6-3-10(15-16)11(18)13-4-2-5-17-8-9(12)7-14-17/h3,6-8H,2,4-5H2,1H3,(H,13,18). The van der Waals surface area contributed by atoms with Gasteiger partial charge < -0.3 is 5.32 Å². The highest BCUT2D eigenvalue weighted by Gasteiger charge is 2.07. The highest BCUT2D eigenvalue weighted by atomic mass is 35.5. The molecule has 0 bridgehead atoms. The minimum absolute atomic E-state index is 0.158. The van der Waals surface area contributed by atoms with E-state index in [-0.39, 0.29) is 5.91 Å². The van der Waals surface area contributed by atoms with E-state index >= 15 is 0 Å². The predicted molar refractivity (Wildman–Crippen MR) is 67.4 cm³/mol. The average Bonchev–Trinajstić information content (AvgIpc) is 2.93. The molecule has 6 nitrogen and oxygen atoms in total. The molecule has 0 unspecified atom stereocenters. The lowest BCUT2D eigenvalue weighted by Crippen LogP contribution is -2.25. The second-order valence-corrected chi connectivity index (χ2v) is 4.34. The van der Waals surface area contributed by atoms with Crippen molar-refractivity contribution in [3.05, 3.63) is 35.4 Å². The Morgan fingerprint density at radius 1 is 1.56 bits per heavy atom. The maximum Gasteiger partial charge on any atom is 0.271 e. The summed E-state index contributed by atoms with van der Waals surface area (Å²) in [5.41, 5.74) is 0.430. The van der Waals surface area contributed by atoms with Crippen LogP contribution in [0.1, 0.15) is 16.9 Å². The van der Waals surface area contributed by atoms with Gasteiger partial charge in [-0.3, -0.25) is 14.2 Å². The molecule has 96 valence electrons. The van der Waals surface area contributed by atoms with Crippen molar-refractivity contribution in [1.29, 1.82) is 0 Å². The number of halogens is 1. The Morgan fingerprint density at radius 3 is 3.00 bits per heavy atom. The molecule has 18 heavy (non-hydrogen) atoms. The van der Waals surface area contributed by atoms with Crippen LogP contribution in [0.15, 0.2) is 24.7 Å². The lowest BCUT2D eigenvalue weighted by molar-refractivity contribution is 0.0947. The normalized spacial score (nSPS) is 10.6. The van der Waals surface area contributed by atoms with Crippen LogP contribution in [-0.4, -0.2) is 32.0 Å². The second kappa shape index (κ2) is 5.68. The van der Waals surface area contributed by atoms with Crippen LogP contribution in [0.4, 0.5) is 0 Å². The molecule has 0 aromatic carbocycles. The van der Waals surface area contributed by atoms with Crippen molar-refractivity contribution in [3.8, 4) is 0 Å². The zero-order chi connectivity index (χ0) is 13.0. The van der Waals surface area contributed by atoms with Crippen molar-refractivity contribution >= 4 is 17.5 Å². The van der Waals surface area contributed by atoms with Gasteiger partial charge in [-0.2, -0.15) is 10.2 Å². The van der Waals surface area contributed by atoms with Gasteiger partial charge >= 0.3 is 0 Å². The van der Waals surface area contributed by atoms with Crippen LogP contribution in [0.3, 0.4) is 0 Å². The Kier molecular flexibility index (Phi) is 3.99. The topological polar surface area (TPSA) is 64.7 Å². The number of nitrogens with one attached hydrogen (secondary N) is 1. The monoisotopic (exact) mass is 267 g/mol. The lowest BCUT2D eigenvalue weighted by atomic mass is 10.3. The molecular weight excluding hydrogens is 254 g/mol. The minimum atomic E-state index is -0.158. The van der Waals surface area contributed by atoms with Crippen LogP contribution in [0.2, 0.25) is 5.02 Å². The van der Waals surface area contributed by atoms with Gasteiger partial charge in [-0.25, -0.2) is 0 Å². The summed E-state index contributed by atoms with van der Waals surface area (Å²) in [6, 6.07) is 1.68. The smallest absolute Gasteiger partial charge is 0.271 e. The molecule has 7 heteroatoms. The van der Waals surface area contributed by atoms with Crippen LogP contribution in [0.5, 0.6) is 0 Å². The zero-order valence-corrected chi connectivity index (χ0v) is 10.8. The Labute approximate surface area is 110 Å². The van der Waals surface area contributed by atoms with Crippen LogP contribution in [0, 0.1) is 0 Å². The fraction of sp³-hybridized carbons (Fsp3) is 0.364. The molecule has 2 aromatic heterocycles. The maximum atomic E-state index is 11.6. The SMILES string of the molecule is Cn1ccc(C(=O)NCCCn2cc(Cl)cn2)n1. The van der Waals surface area contributed by atoms with Gasteiger partial charge in [0, 0.05) is 32.5 Å². The van der Waals surface area contributed by atoms with E-state index in [9.17, 15) is 4.79 Å². The molecule has 0 aliphatic heterocycles. The fourth-order valence-electron chi connectivity index (χ4n) is 1.53. The predicted octanol–water partition coefficient (Wildman–Crippen LogP) is 1.09. The van der Waals surface area contributed by atoms with Gasteiger partial charge in [0.25, 0.3) is 5.91 Å². The first kappa shape index (κ1) is 12.6. The molecule has 1 N–H and O–H groups in total. The molecular formula is C11H14ClN5O. The molecule has 2 heterocycles. The van der Waals surface area contributed by atoms with Crippen molar-refractivity contribution < 1.29 is 4.79 Å². The molecule has 0 fully saturated rings. The first-order valence-electron chi connectivity index (χ1n) is 5.61. The lowest BCUT2D eigenvalue weighted by Gasteiger charge is -2.03. The molecule has 2 aromatic rings. The Morgan fingerprint density at radius 2 is 2.39 bits per heavy atom. The zero-order valence-electron chi connectivity index (χ0n) is 10.0. The van der Waals surface area contributed by atoms with Gasteiger partial charge in [0.15, 0.2) is 0 Å². The van der Waals surface area contributed by atoms with Gasteiger partial charge in [0.05, 0.1) is 11.2 Å². The summed E-state index contributed by atoms with van der Waals surface area (Å²) in [5, 5.41) is 11.5. The van der Waals surface area contributed by atoms with E-state index in [2.05, 4.69) is 15.5 Å². The number of aryl methyl sites for hydroxylation is 2. The third-order valence-corrected chi connectivity index (χ3v) is 2.59. The molecule has 2 rings (SSSR count). The first-order valence-corrected chi connectivity index (χ1v) is 5.99. The number of aromatic nitrogens is 4. The highest BCUT2D eigenvalue weighted by Crippen LogP contribution is 2.04. The minimum Gasteiger partial charge on any atom is -0.351 e. The number of amides is 1. The number of rotatable bonds is 5. The summed E-state index contributed by atoms with van der Waals surface area (Å²) in [4.78, 5) is 11.6. The number of carbonyl (C=O) groups is 1. The van der Waals surface area contributed by atoms with E-state index in [4.69, 9.17) is 11.6 Å². The molecule has 0 radical (unpaired) electrons.